The van der Waals surface area contributed by atoms with Gasteiger partial charge in [-0.25, -0.2) is 0 Å². The first-order chi connectivity index (χ1) is 12.0. The van der Waals surface area contributed by atoms with Crippen molar-refractivity contribution in [2.75, 3.05) is 0 Å². The van der Waals surface area contributed by atoms with E-state index in [4.69, 9.17) is 27.9 Å². The molecule has 0 spiro atoms. The zero-order valence-corrected chi connectivity index (χ0v) is 15.4. The van der Waals surface area contributed by atoms with Crippen molar-refractivity contribution in [3.63, 3.8) is 0 Å². The molecule has 0 aliphatic carbocycles. The lowest BCUT2D eigenvalue weighted by atomic mass is 10.2. The molecule has 4 nitrogen and oxygen atoms in total. The second-order valence-electron chi connectivity index (χ2n) is 5.53. The Bertz CT molecular complexity index is 998. The summed E-state index contributed by atoms with van der Waals surface area (Å²) in [4.78, 5) is 12.7. The summed E-state index contributed by atoms with van der Waals surface area (Å²) < 4.78 is 7.04. The molecule has 0 fully saturated rings. The Morgan fingerprint density at radius 1 is 1.16 bits per heavy atom. The number of thiophene rings is 1. The molecule has 4 rings (SSSR count). The predicted molar refractivity (Wildman–Crippen MR) is 101 cm³/mol. The number of halogens is 2. The minimum atomic E-state index is -0.633. The van der Waals surface area contributed by atoms with E-state index in [1.807, 2.05) is 36.4 Å². The highest BCUT2D eigenvalue weighted by Gasteiger charge is 2.34. The number of rotatable bonds is 2. The summed E-state index contributed by atoms with van der Waals surface area (Å²) in [7, 11) is 0. The van der Waals surface area contributed by atoms with E-state index < -0.39 is 6.23 Å². The molecule has 1 aromatic heterocycles. The van der Waals surface area contributed by atoms with Crippen LogP contribution >= 0.6 is 34.5 Å². The third-order valence-corrected chi connectivity index (χ3v) is 5.77. The second kappa shape index (κ2) is 6.33. The first-order valence-electron chi connectivity index (χ1n) is 7.52. The molecule has 7 heteroatoms. The lowest BCUT2D eigenvalue weighted by molar-refractivity contribution is -0.135. The van der Waals surface area contributed by atoms with Gasteiger partial charge in [-0.2, -0.15) is 5.01 Å². The molecule has 1 aliphatic heterocycles. The van der Waals surface area contributed by atoms with Crippen molar-refractivity contribution in [2.24, 2.45) is 5.10 Å². The van der Waals surface area contributed by atoms with Gasteiger partial charge in [0.1, 0.15) is 4.88 Å². The minimum absolute atomic E-state index is 0.216. The summed E-state index contributed by atoms with van der Waals surface area (Å²) in [5, 5.41) is 7.83. The molecule has 25 heavy (non-hydrogen) atoms. The summed E-state index contributed by atoms with van der Waals surface area (Å²) in [6.07, 6.45) is -0.633. The highest BCUT2D eigenvalue weighted by Crippen LogP contribution is 2.39. The quantitative estimate of drug-likeness (QED) is 0.583. The Balaban J connectivity index is 1.75. The SMILES string of the molecule is CC(=O)N1N=C(c2sc3ccccc3c2Cl)OC1c1ccc(Cl)cc1. The molecule has 3 aromatic rings. The molecule has 0 N–H and O–H groups in total. The van der Waals surface area contributed by atoms with Crippen LogP contribution in [-0.2, 0) is 9.53 Å². The topological polar surface area (TPSA) is 41.9 Å². The molecular weight excluding hydrogens is 379 g/mol. The lowest BCUT2D eigenvalue weighted by Crippen LogP contribution is -2.25. The maximum Gasteiger partial charge on any atom is 0.252 e. The third kappa shape index (κ3) is 2.88. The van der Waals surface area contributed by atoms with Crippen molar-refractivity contribution in [2.45, 2.75) is 13.2 Å². The Morgan fingerprint density at radius 3 is 2.56 bits per heavy atom. The Labute approximate surface area is 158 Å². The molecule has 2 heterocycles. The van der Waals surface area contributed by atoms with E-state index in [0.717, 1.165) is 15.6 Å². The van der Waals surface area contributed by atoms with Crippen molar-refractivity contribution < 1.29 is 9.53 Å². The highest BCUT2D eigenvalue weighted by atomic mass is 35.5. The second-order valence-corrected chi connectivity index (χ2v) is 7.40. The van der Waals surface area contributed by atoms with E-state index >= 15 is 0 Å². The van der Waals surface area contributed by atoms with Gasteiger partial charge in [0, 0.05) is 27.6 Å². The van der Waals surface area contributed by atoms with Gasteiger partial charge in [-0.1, -0.05) is 53.5 Å². The fourth-order valence-electron chi connectivity index (χ4n) is 2.65. The Kier molecular flexibility index (Phi) is 4.15. The number of hydrogen-bond acceptors (Lipinski definition) is 4. The predicted octanol–water partition coefficient (Wildman–Crippen LogP) is 5.45. The molecule has 0 saturated heterocycles. The Hall–Kier alpha value is -2.08. The lowest BCUT2D eigenvalue weighted by Gasteiger charge is -2.19. The number of amides is 1. The first kappa shape index (κ1) is 16.4. The van der Waals surface area contributed by atoms with Crippen LogP contribution in [0.5, 0.6) is 0 Å². The van der Waals surface area contributed by atoms with E-state index in [1.165, 1.54) is 23.3 Å². The maximum atomic E-state index is 12.0. The van der Waals surface area contributed by atoms with Gasteiger partial charge in [0.05, 0.1) is 5.02 Å². The van der Waals surface area contributed by atoms with E-state index in [2.05, 4.69) is 5.10 Å². The standard InChI is InChI=1S/C18H12Cl2N2O2S/c1-10(23)22-18(11-6-8-12(19)9-7-11)24-17(21-22)16-15(20)13-4-2-3-5-14(13)25-16/h2-9,18H,1H3. The number of benzene rings is 2. The van der Waals surface area contributed by atoms with Crippen molar-refractivity contribution >= 4 is 56.4 Å². The van der Waals surface area contributed by atoms with Crippen LogP contribution in [-0.4, -0.2) is 16.8 Å². The fourth-order valence-corrected chi connectivity index (χ4v) is 4.22. The molecule has 1 atom stereocenters. The molecular formula is C18H12Cl2N2O2S. The van der Waals surface area contributed by atoms with Gasteiger partial charge >= 0.3 is 0 Å². The maximum absolute atomic E-state index is 12.0. The minimum Gasteiger partial charge on any atom is -0.445 e. The third-order valence-electron chi connectivity index (χ3n) is 3.85. The number of nitrogens with zero attached hydrogens (tertiary/aromatic N) is 2. The molecule has 1 amide bonds. The summed E-state index contributed by atoms with van der Waals surface area (Å²) in [5.74, 6) is 0.133. The van der Waals surface area contributed by atoms with Crippen LogP contribution in [0.25, 0.3) is 10.1 Å². The fraction of sp³-hybridized carbons (Fsp3) is 0.111. The molecule has 2 aromatic carbocycles. The van der Waals surface area contributed by atoms with Crippen molar-refractivity contribution in [3.05, 3.63) is 69.0 Å². The van der Waals surface area contributed by atoms with Gasteiger partial charge in [0.15, 0.2) is 0 Å². The summed E-state index contributed by atoms with van der Waals surface area (Å²) in [6.45, 7) is 1.45. The number of carbonyl (C=O) groups is 1. The number of carbonyl (C=O) groups excluding carboxylic acids is 1. The van der Waals surface area contributed by atoms with Crippen molar-refractivity contribution in [3.8, 4) is 0 Å². The molecule has 0 radical (unpaired) electrons. The van der Waals surface area contributed by atoms with Crippen LogP contribution in [0.3, 0.4) is 0 Å². The average molecular weight is 391 g/mol. The number of hydrazone groups is 1. The van der Waals surface area contributed by atoms with E-state index in [1.54, 1.807) is 12.1 Å². The largest absolute Gasteiger partial charge is 0.445 e. The van der Waals surface area contributed by atoms with Gasteiger partial charge in [-0.15, -0.1) is 16.4 Å². The van der Waals surface area contributed by atoms with Gasteiger partial charge in [-0.3, -0.25) is 4.79 Å². The van der Waals surface area contributed by atoms with E-state index in [9.17, 15) is 4.79 Å². The van der Waals surface area contributed by atoms with Crippen LogP contribution in [0, 0.1) is 0 Å². The summed E-state index contributed by atoms with van der Waals surface area (Å²) in [6, 6.07) is 15.0. The van der Waals surface area contributed by atoms with Crippen LogP contribution in [0.15, 0.2) is 53.6 Å². The average Bonchev–Trinajstić information content (AvgIpc) is 3.18. The molecule has 1 unspecified atom stereocenters. The Morgan fingerprint density at radius 2 is 1.88 bits per heavy atom. The molecule has 0 saturated carbocycles. The summed E-state index contributed by atoms with van der Waals surface area (Å²) in [5.41, 5.74) is 0.788. The van der Waals surface area contributed by atoms with Crippen LogP contribution in [0.4, 0.5) is 0 Å². The van der Waals surface area contributed by atoms with Crippen LogP contribution < -0.4 is 0 Å². The summed E-state index contributed by atoms with van der Waals surface area (Å²) >= 11 is 13.9. The van der Waals surface area contributed by atoms with Gasteiger partial charge < -0.3 is 4.74 Å². The van der Waals surface area contributed by atoms with Crippen LogP contribution in [0.1, 0.15) is 23.6 Å². The zero-order valence-electron chi connectivity index (χ0n) is 13.1. The van der Waals surface area contributed by atoms with Crippen LogP contribution in [0.2, 0.25) is 10.0 Å². The monoisotopic (exact) mass is 390 g/mol. The van der Waals surface area contributed by atoms with Gasteiger partial charge in [0.25, 0.3) is 5.90 Å². The number of ether oxygens (including phenoxy) is 1. The zero-order chi connectivity index (χ0) is 17.6. The number of hydrogen-bond donors (Lipinski definition) is 0. The first-order valence-corrected chi connectivity index (χ1v) is 9.10. The van der Waals surface area contributed by atoms with E-state index in [0.29, 0.717) is 20.8 Å². The highest BCUT2D eigenvalue weighted by molar-refractivity contribution is 7.21. The molecule has 0 bridgehead atoms. The van der Waals surface area contributed by atoms with Gasteiger partial charge in [-0.05, 0) is 18.2 Å². The van der Waals surface area contributed by atoms with Crippen molar-refractivity contribution in [1.82, 2.24) is 5.01 Å². The number of fused-ring (bicyclic) bond motifs is 1. The van der Waals surface area contributed by atoms with Crippen molar-refractivity contribution in [1.29, 1.82) is 0 Å². The van der Waals surface area contributed by atoms with Gasteiger partial charge in [0.2, 0.25) is 12.1 Å². The smallest absolute Gasteiger partial charge is 0.252 e. The van der Waals surface area contributed by atoms with E-state index in [-0.39, 0.29) is 5.91 Å². The normalized spacial score (nSPS) is 16.8. The molecule has 126 valence electrons. The molecule has 1 aliphatic rings.